The van der Waals surface area contributed by atoms with Crippen LogP contribution in [0.1, 0.15) is 35.4 Å². The van der Waals surface area contributed by atoms with Crippen molar-refractivity contribution in [1.29, 1.82) is 0 Å². The summed E-state index contributed by atoms with van der Waals surface area (Å²) in [7, 11) is 0. The average Bonchev–Trinajstić information content (AvgIpc) is 2.45. The first-order valence-electron chi connectivity index (χ1n) is 6.20. The van der Waals surface area contributed by atoms with Gasteiger partial charge in [-0.05, 0) is 18.1 Å². The van der Waals surface area contributed by atoms with Gasteiger partial charge in [-0.1, -0.05) is 0 Å². The molecule has 0 saturated carbocycles. The summed E-state index contributed by atoms with van der Waals surface area (Å²) in [6.45, 7) is 1.47. The SMILES string of the molecule is CC(=O)NCCC(O)C(O)c1cc(C=O)cc([N+](=O)[O-])c1. The van der Waals surface area contributed by atoms with Crippen LogP contribution >= 0.6 is 0 Å². The Morgan fingerprint density at radius 1 is 1.43 bits per heavy atom. The van der Waals surface area contributed by atoms with Gasteiger partial charge in [0.1, 0.15) is 12.4 Å². The highest BCUT2D eigenvalue weighted by Gasteiger charge is 2.21. The van der Waals surface area contributed by atoms with Gasteiger partial charge in [0.05, 0.1) is 11.0 Å². The molecule has 8 heteroatoms. The quantitative estimate of drug-likeness (QED) is 0.377. The Bertz CT molecular complexity index is 545. The van der Waals surface area contributed by atoms with E-state index in [0.29, 0.717) is 6.29 Å². The number of carbonyl (C=O) groups is 2. The number of non-ortho nitro benzene ring substituents is 1. The van der Waals surface area contributed by atoms with Crippen LogP contribution in [0.25, 0.3) is 0 Å². The molecule has 1 aromatic carbocycles. The van der Waals surface area contributed by atoms with E-state index in [0.717, 1.165) is 12.1 Å². The van der Waals surface area contributed by atoms with E-state index in [2.05, 4.69) is 5.32 Å². The number of benzene rings is 1. The van der Waals surface area contributed by atoms with Crippen molar-refractivity contribution < 1.29 is 24.7 Å². The van der Waals surface area contributed by atoms with E-state index in [9.17, 15) is 29.9 Å². The molecule has 2 atom stereocenters. The molecule has 0 heterocycles. The summed E-state index contributed by atoms with van der Waals surface area (Å²) < 4.78 is 0. The fourth-order valence-corrected chi connectivity index (χ4v) is 1.78. The molecule has 0 aromatic heterocycles. The van der Waals surface area contributed by atoms with Gasteiger partial charge in [-0.2, -0.15) is 0 Å². The maximum absolute atomic E-state index is 10.8. The highest BCUT2D eigenvalue weighted by molar-refractivity contribution is 5.76. The van der Waals surface area contributed by atoms with Crippen molar-refractivity contribution in [3.05, 3.63) is 39.4 Å². The fourth-order valence-electron chi connectivity index (χ4n) is 1.78. The first-order chi connectivity index (χ1) is 9.85. The van der Waals surface area contributed by atoms with Crippen molar-refractivity contribution in [2.24, 2.45) is 0 Å². The smallest absolute Gasteiger partial charge is 0.270 e. The van der Waals surface area contributed by atoms with Gasteiger partial charge < -0.3 is 15.5 Å². The minimum absolute atomic E-state index is 0.0345. The van der Waals surface area contributed by atoms with E-state index < -0.39 is 17.1 Å². The Labute approximate surface area is 120 Å². The van der Waals surface area contributed by atoms with E-state index in [-0.39, 0.29) is 35.7 Å². The monoisotopic (exact) mass is 296 g/mol. The Morgan fingerprint density at radius 2 is 2.10 bits per heavy atom. The van der Waals surface area contributed by atoms with Crippen molar-refractivity contribution in [3.63, 3.8) is 0 Å². The third-order valence-electron chi connectivity index (χ3n) is 2.83. The van der Waals surface area contributed by atoms with Gasteiger partial charge >= 0.3 is 0 Å². The third-order valence-corrected chi connectivity index (χ3v) is 2.83. The van der Waals surface area contributed by atoms with Gasteiger partial charge in [-0.3, -0.25) is 19.7 Å². The lowest BCUT2D eigenvalue weighted by Gasteiger charge is -2.18. The number of aliphatic hydroxyl groups excluding tert-OH is 2. The lowest BCUT2D eigenvalue weighted by Crippen LogP contribution is -2.27. The first kappa shape index (κ1) is 16.7. The lowest BCUT2D eigenvalue weighted by molar-refractivity contribution is -0.385. The average molecular weight is 296 g/mol. The summed E-state index contributed by atoms with van der Waals surface area (Å²) >= 11 is 0. The second-order valence-corrected chi connectivity index (χ2v) is 4.52. The number of rotatable bonds is 7. The van der Waals surface area contributed by atoms with Crippen LogP contribution in [0.15, 0.2) is 18.2 Å². The number of hydrogen-bond donors (Lipinski definition) is 3. The standard InChI is InChI=1S/C13H16N2O6/c1-8(17)14-3-2-12(18)13(19)10-4-9(7-16)5-11(6-10)15(20)21/h4-7,12-13,18-19H,2-3H2,1H3,(H,14,17). The summed E-state index contributed by atoms with van der Waals surface area (Å²) in [5, 5.41) is 33.0. The zero-order valence-corrected chi connectivity index (χ0v) is 11.4. The van der Waals surface area contributed by atoms with Crippen LogP contribution in [-0.4, -0.2) is 40.0 Å². The largest absolute Gasteiger partial charge is 0.390 e. The number of amides is 1. The molecule has 1 rings (SSSR count). The fraction of sp³-hybridized carbons (Fsp3) is 0.385. The Hall–Kier alpha value is -2.32. The molecule has 0 aliphatic carbocycles. The molecule has 2 unspecified atom stereocenters. The molecular weight excluding hydrogens is 280 g/mol. The van der Waals surface area contributed by atoms with Crippen LogP contribution in [0, 0.1) is 10.1 Å². The van der Waals surface area contributed by atoms with Crippen LogP contribution in [0.4, 0.5) is 5.69 Å². The molecule has 3 N–H and O–H groups in total. The number of nitrogens with zero attached hydrogens (tertiary/aromatic N) is 1. The summed E-state index contributed by atoms with van der Waals surface area (Å²) in [5.74, 6) is -0.268. The molecule has 0 bridgehead atoms. The van der Waals surface area contributed by atoms with Crippen LogP contribution in [-0.2, 0) is 4.79 Å². The third kappa shape index (κ3) is 4.93. The maximum atomic E-state index is 10.8. The molecule has 1 aromatic rings. The zero-order valence-electron chi connectivity index (χ0n) is 11.4. The van der Waals surface area contributed by atoms with Crippen LogP contribution < -0.4 is 5.32 Å². The number of nitrogens with one attached hydrogen (secondary N) is 1. The van der Waals surface area contributed by atoms with Crippen molar-refractivity contribution in [2.45, 2.75) is 25.6 Å². The van der Waals surface area contributed by atoms with Gasteiger partial charge in [0.15, 0.2) is 0 Å². The van der Waals surface area contributed by atoms with Crippen molar-refractivity contribution in [3.8, 4) is 0 Å². The number of nitro groups is 1. The lowest BCUT2D eigenvalue weighted by atomic mass is 9.99. The van der Waals surface area contributed by atoms with Gasteiger partial charge in [0.2, 0.25) is 5.91 Å². The molecule has 8 nitrogen and oxygen atoms in total. The Morgan fingerprint density at radius 3 is 2.62 bits per heavy atom. The summed E-state index contributed by atoms with van der Waals surface area (Å²) in [6.07, 6.45) is -2.12. The number of carbonyl (C=O) groups excluding carboxylic acids is 2. The molecule has 0 spiro atoms. The molecule has 0 fully saturated rings. The maximum Gasteiger partial charge on any atom is 0.270 e. The van der Waals surface area contributed by atoms with Gasteiger partial charge in [0.25, 0.3) is 5.69 Å². The van der Waals surface area contributed by atoms with Crippen LogP contribution in [0.5, 0.6) is 0 Å². The van der Waals surface area contributed by atoms with Gasteiger partial charge in [-0.15, -0.1) is 0 Å². The van der Waals surface area contributed by atoms with Crippen molar-refractivity contribution in [1.82, 2.24) is 5.32 Å². The van der Waals surface area contributed by atoms with Crippen molar-refractivity contribution in [2.75, 3.05) is 6.54 Å². The minimum atomic E-state index is -1.39. The molecule has 0 radical (unpaired) electrons. The molecule has 1 amide bonds. The van der Waals surface area contributed by atoms with E-state index in [1.54, 1.807) is 0 Å². The molecule has 0 saturated heterocycles. The predicted octanol–water partition coefficient (Wildman–Crippen LogP) is 0.328. The predicted molar refractivity (Wildman–Crippen MR) is 72.8 cm³/mol. The number of nitro benzene ring substituents is 1. The number of aliphatic hydroxyl groups is 2. The topological polar surface area (TPSA) is 130 Å². The molecule has 0 aliphatic heterocycles. The normalized spacial score (nSPS) is 13.3. The van der Waals surface area contributed by atoms with E-state index in [1.807, 2.05) is 0 Å². The highest BCUT2D eigenvalue weighted by atomic mass is 16.6. The minimum Gasteiger partial charge on any atom is -0.390 e. The summed E-state index contributed by atoms with van der Waals surface area (Å²) in [4.78, 5) is 31.5. The molecular formula is C13H16N2O6. The first-order valence-corrected chi connectivity index (χ1v) is 6.20. The van der Waals surface area contributed by atoms with E-state index in [1.165, 1.54) is 13.0 Å². The van der Waals surface area contributed by atoms with Crippen LogP contribution in [0.3, 0.4) is 0 Å². The van der Waals surface area contributed by atoms with E-state index >= 15 is 0 Å². The molecule has 21 heavy (non-hydrogen) atoms. The van der Waals surface area contributed by atoms with E-state index in [4.69, 9.17) is 0 Å². The summed E-state index contributed by atoms with van der Waals surface area (Å²) in [6, 6.07) is 3.44. The molecule has 0 aliphatic rings. The Balaban J connectivity index is 2.87. The second kappa shape index (κ2) is 7.46. The second-order valence-electron chi connectivity index (χ2n) is 4.52. The molecule has 114 valence electrons. The Kier molecular flexibility index (Phi) is 5.94. The van der Waals surface area contributed by atoms with Gasteiger partial charge in [0, 0.05) is 31.2 Å². The highest BCUT2D eigenvalue weighted by Crippen LogP contribution is 2.24. The summed E-state index contributed by atoms with van der Waals surface area (Å²) in [5.41, 5.74) is -0.239. The number of hydrogen-bond acceptors (Lipinski definition) is 6. The zero-order chi connectivity index (χ0) is 16.0. The van der Waals surface area contributed by atoms with Crippen LogP contribution in [0.2, 0.25) is 0 Å². The number of aldehydes is 1. The van der Waals surface area contributed by atoms with Gasteiger partial charge in [-0.25, -0.2) is 0 Å². The van der Waals surface area contributed by atoms with Crippen molar-refractivity contribution >= 4 is 17.9 Å².